The van der Waals surface area contributed by atoms with Crippen LogP contribution in [0, 0.1) is 0 Å². The monoisotopic (exact) mass is 248 g/mol. The van der Waals surface area contributed by atoms with Gasteiger partial charge >= 0.3 is 11.3 Å². The molecule has 0 saturated heterocycles. The SMILES string of the molecule is CCc1cc(=O)oc2c1c(=O)[nH]c(=O)n2C1CC1. The predicted octanol–water partition coefficient (Wildman–Crippen LogP) is 0.540. The van der Waals surface area contributed by atoms with Gasteiger partial charge in [-0.15, -0.1) is 0 Å². The summed E-state index contributed by atoms with van der Waals surface area (Å²) in [4.78, 5) is 37.4. The van der Waals surface area contributed by atoms with Crippen molar-refractivity contribution in [2.24, 2.45) is 0 Å². The molecule has 0 bridgehead atoms. The van der Waals surface area contributed by atoms with Gasteiger partial charge in [0.1, 0.15) is 5.39 Å². The third kappa shape index (κ3) is 1.53. The molecular formula is C12H12N2O4. The molecule has 6 nitrogen and oxygen atoms in total. The average Bonchev–Trinajstić information content (AvgIpc) is 3.11. The van der Waals surface area contributed by atoms with Crippen LogP contribution in [0.4, 0.5) is 0 Å². The van der Waals surface area contributed by atoms with Crippen LogP contribution in [0.3, 0.4) is 0 Å². The fraction of sp³-hybridized carbons (Fsp3) is 0.417. The number of aromatic amines is 1. The van der Waals surface area contributed by atoms with Gasteiger partial charge in [0.2, 0.25) is 5.71 Å². The van der Waals surface area contributed by atoms with Gasteiger partial charge in [-0.1, -0.05) is 6.92 Å². The molecule has 6 heteroatoms. The molecule has 1 aliphatic rings. The van der Waals surface area contributed by atoms with Gasteiger partial charge in [-0.05, 0) is 24.8 Å². The van der Waals surface area contributed by atoms with Crippen LogP contribution < -0.4 is 16.9 Å². The highest BCUT2D eigenvalue weighted by Crippen LogP contribution is 2.35. The summed E-state index contributed by atoms with van der Waals surface area (Å²) in [5.41, 5.74) is -0.815. The van der Waals surface area contributed by atoms with Crippen LogP contribution in [0.1, 0.15) is 31.4 Å². The second kappa shape index (κ2) is 3.69. The van der Waals surface area contributed by atoms with E-state index in [-0.39, 0.29) is 11.8 Å². The molecule has 2 aromatic heterocycles. The van der Waals surface area contributed by atoms with Crippen LogP contribution in [-0.2, 0) is 6.42 Å². The summed E-state index contributed by atoms with van der Waals surface area (Å²) in [6.07, 6.45) is 2.26. The number of nitrogens with zero attached hydrogens (tertiary/aromatic N) is 1. The lowest BCUT2D eigenvalue weighted by Gasteiger charge is -2.07. The van der Waals surface area contributed by atoms with Crippen LogP contribution in [0.5, 0.6) is 0 Å². The number of fused-ring (bicyclic) bond motifs is 1. The Hall–Kier alpha value is -2.11. The lowest BCUT2D eigenvalue weighted by atomic mass is 10.1. The predicted molar refractivity (Wildman–Crippen MR) is 65.0 cm³/mol. The highest BCUT2D eigenvalue weighted by Gasteiger charge is 2.28. The molecule has 0 amide bonds. The number of aromatic nitrogens is 2. The Bertz CT molecular complexity index is 792. The quantitative estimate of drug-likeness (QED) is 0.840. The van der Waals surface area contributed by atoms with Crippen LogP contribution in [-0.4, -0.2) is 9.55 Å². The Kier molecular flexibility index (Phi) is 2.26. The Morgan fingerprint density at radius 2 is 2.11 bits per heavy atom. The molecule has 0 spiro atoms. The average molecular weight is 248 g/mol. The summed E-state index contributed by atoms with van der Waals surface area (Å²) in [5, 5.41) is 0.309. The van der Waals surface area contributed by atoms with E-state index in [1.165, 1.54) is 10.6 Å². The maximum Gasteiger partial charge on any atom is 0.337 e. The second-order valence-electron chi connectivity index (χ2n) is 4.48. The summed E-state index contributed by atoms with van der Waals surface area (Å²) < 4.78 is 6.47. The maximum absolute atomic E-state index is 11.9. The Balaban J connectivity index is 2.56. The fourth-order valence-electron chi connectivity index (χ4n) is 2.20. The zero-order chi connectivity index (χ0) is 12.9. The summed E-state index contributed by atoms with van der Waals surface area (Å²) in [7, 11) is 0. The van der Waals surface area contributed by atoms with E-state index in [4.69, 9.17) is 4.42 Å². The third-order valence-corrected chi connectivity index (χ3v) is 3.20. The van der Waals surface area contributed by atoms with E-state index < -0.39 is 16.9 Å². The number of nitrogens with one attached hydrogen (secondary N) is 1. The molecule has 1 fully saturated rings. The van der Waals surface area contributed by atoms with Gasteiger partial charge in [0.25, 0.3) is 5.56 Å². The van der Waals surface area contributed by atoms with Gasteiger partial charge in [-0.2, -0.15) is 0 Å². The molecule has 1 N–H and O–H groups in total. The summed E-state index contributed by atoms with van der Waals surface area (Å²) in [6, 6.07) is 1.34. The summed E-state index contributed by atoms with van der Waals surface area (Å²) >= 11 is 0. The van der Waals surface area contributed by atoms with Crippen molar-refractivity contribution in [1.29, 1.82) is 0 Å². The van der Waals surface area contributed by atoms with Crippen molar-refractivity contribution >= 4 is 11.1 Å². The molecule has 0 atom stereocenters. The Morgan fingerprint density at radius 3 is 2.72 bits per heavy atom. The first kappa shape index (κ1) is 11.0. The smallest absolute Gasteiger partial charge is 0.337 e. The topological polar surface area (TPSA) is 85.1 Å². The van der Waals surface area contributed by atoms with Crippen molar-refractivity contribution in [3.05, 3.63) is 42.9 Å². The van der Waals surface area contributed by atoms with Crippen molar-refractivity contribution in [1.82, 2.24) is 9.55 Å². The van der Waals surface area contributed by atoms with Crippen molar-refractivity contribution < 1.29 is 4.42 Å². The van der Waals surface area contributed by atoms with Gasteiger partial charge in [0.05, 0.1) is 0 Å². The largest absolute Gasteiger partial charge is 0.405 e. The highest BCUT2D eigenvalue weighted by atomic mass is 16.4. The molecular weight excluding hydrogens is 236 g/mol. The lowest BCUT2D eigenvalue weighted by molar-refractivity contribution is 0.507. The normalized spacial score (nSPS) is 15.2. The minimum Gasteiger partial charge on any atom is -0.405 e. The van der Waals surface area contributed by atoms with E-state index in [0.29, 0.717) is 17.4 Å². The van der Waals surface area contributed by atoms with Crippen molar-refractivity contribution in [3.63, 3.8) is 0 Å². The lowest BCUT2D eigenvalue weighted by Crippen LogP contribution is -2.31. The van der Waals surface area contributed by atoms with Crippen molar-refractivity contribution in [2.75, 3.05) is 0 Å². The van der Waals surface area contributed by atoms with Crippen molar-refractivity contribution in [2.45, 2.75) is 32.2 Å². The second-order valence-corrected chi connectivity index (χ2v) is 4.48. The highest BCUT2D eigenvalue weighted by molar-refractivity contribution is 5.76. The van der Waals surface area contributed by atoms with Crippen molar-refractivity contribution in [3.8, 4) is 0 Å². The third-order valence-electron chi connectivity index (χ3n) is 3.20. The molecule has 2 aromatic rings. The van der Waals surface area contributed by atoms with E-state index in [2.05, 4.69) is 4.98 Å². The van der Waals surface area contributed by atoms with Gasteiger partial charge in [-0.25, -0.2) is 9.59 Å². The molecule has 0 aromatic carbocycles. The molecule has 1 aliphatic carbocycles. The molecule has 18 heavy (non-hydrogen) atoms. The number of H-pyrrole nitrogens is 1. The van der Waals surface area contributed by atoms with Crippen LogP contribution >= 0.6 is 0 Å². The summed E-state index contributed by atoms with van der Waals surface area (Å²) in [6.45, 7) is 1.85. The zero-order valence-electron chi connectivity index (χ0n) is 9.86. The van der Waals surface area contributed by atoms with Crippen LogP contribution in [0.25, 0.3) is 11.1 Å². The van der Waals surface area contributed by atoms with E-state index in [0.717, 1.165) is 12.8 Å². The number of hydrogen-bond donors (Lipinski definition) is 1. The zero-order valence-corrected chi connectivity index (χ0v) is 9.86. The van der Waals surface area contributed by atoms with Crippen LogP contribution in [0.2, 0.25) is 0 Å². The van der Waals surface area contributed by atoms with E-state index >= 15 is 0 Å². The van der Waals surface area contributed by atoms with Gasteiger partial charge in [-0.3, -0.25) is 14.3 Å². The molecule has 2 heterocycles. The summed E-state index contributed by atoms with van der Waals surface area (Å²) in [5.74, 6) is 0. The standard InChI is InChI=1S/C12H12N2O4/c1-2-6-5-8(15)18-11-9(6)10(16)13-12(17)14(11)7-3-4-7/h5,7H,2-4H2,1H3,(H,13,16,17). The molecule has 0 radical (unpaired) electrons. The first-order valence-corrected chi connectivity index (χ1v) is 5.93. The number of hydrogen-bond acceptors (Lipinski definition) is 4. The molecule has 94 valence electrons. The maximum atomic E-state index is 11.9. The van der Waals surface area contributed by atoms with E-state index in [1.54, 1.807) is 0 Å². The minimum atomic E-state index is -0.529. The fourth-order valence-corrected chi connectivity index (χ4v) is 2.20. The van der Waals surface area contributed by atoms with Gasteiger partial charge in [0.15, 0.2) is 0 Å². The molecule has 3 rings (SSSR count). The number of rotatable bonds is 2. The first-order chi connectivity index (χ1) is 8.61. The van der Waals surface area contributed by atoms with Gasteiger partial charge < -0.3 is 4.42 Å². The van der Waals surface area contributed by atoms with Gasteiger partial charge in [0, 0.05) is 12.1 Å². The number of aryl methyl sites for hydroxylation is 1. The molecule has 0 unspecified atom stereocenters. The Morgan fingerprint density at radius 1 is 1.39 bits per heavy atom. The van der Waals surface area contributed by atoms with E-state index in [1.807, 2.05) is 6.92 Å². The Labute approximate surface area is 101 Å². The minimum absolute atomic E-state index is 0.0344. The molecule has 1 saturated carbocycles. The first-order valence-electron chi connectivity index (χ1n) is 5.93. The van der Waals surface area contributed by atoms with Crippen LogP contribution in [0.15, 0.2) is 24.9 Å². The van der Waals surface area contributed by atoms with E-state index in [9.17, 15) is 14.4 Å². The molecule has 0 aliphatic heterocycles.